The fourth-order valence-corrected chi connectivity index (χ4v) is 12.7. The van der Waals surface area contributed by atoms with Gasteiger partial charge in [0, 0.05) is 97.2 Å². The van der Waals surface area contributed by atoms with Crippen molar-refractivity contribution in [2.24, 2.45) is 59.2 Å². The lowest BCUT2D eigenvalue weighted by molar-refractivity contribution is -0.150. The number of amides is 7. The van der Waals surface area contributed by atoms with Crippen molar-refractivity contribution < 1.29 is 67.3 Å². The van der Waals surface area contributed by atoms with Gasteiger partial charge in [0.1, 0.15) is 24.2 Å². The summed E-state index contributed by atoms with van der Waals surface area (Å²) in [6.07, 6.45) is 2.43. The van der Waals surface area contributed by atoms with Gasteiger partial charge in [0.25, 0.3) is 0 Å². The van der Waals surface area contributed by atoms with E-state index >= 15 is 4.79 Å². The molecule has 0 saturated carbocycles. The van der Waals surface area contributed by atoms with Crippen LogP contribution in [0.4, 0.5) is 0 Å². The Hall–Kier alpha value is -5.45. The molecule has 0 bridgehead atoms. The van der Waals surface area contributed by atoms with Crippen LogP contribution >= 0.6 is 0 Å². The Morgan fingerprint density at radius 2 is 1.10 bits per heavy atom. The van der Waals surface area contributed by atoms with Crippen LogP contribution in [0.5, 0.6) is 0 Å². The zero-order valence-electron chi connectivity index (χ0n) is 60.1. The van der Waals surface area contributed by atoms with Crippen molar-refractivity contribution >= 4 is 64.5 Å². The third-order valence-corrected chi connectivity index (χ3v) is 18.4. The summed E-state index contributed by atoms with van der Waals surface area (Å²) in [5, 5.41) is 20.2. The van der Waals surface area contributed by atoms with Gasteiger partial charge in [-0.2, -0.15) is 0 Å². The number of nitrogens with one attached hydrogen (secondary N) is 3. The van der Waals surface area contributed by atoms with Gasteiger partial charge in [-0.3, -0.25) is 57.6 Å². The zero-order chi connectivity index (χ0) is 70.2. The maximum absolute atomic E-state index is 15.1. The van der Waals surface area contributed by atoms with Crippen molar-refractivity contribution in [3.63, 3.8) is 0 Å². The summed E-state index contributed by atoms with van der Waals surface area (Å²) in [6.45, 7) is 34.0. The van der Waals surface area contributed by atoms with Crippen LogP contribution in [0.15, 0.2) is 12.2 Å². The van der Waals surface area contributed by atoms with E-state index in [1.54, 1.807) is 75.3 Å². The third-order valence-electron chi connectivity index (χ3n) is 18.4. The summed E-state index contributed by atoms with van der Waals surface area (Å²) in [7, 11) is 5.91. The average Bonchev–Trinajstić information content (AvgIpc) is 1.36. The van der Waals surface area contributed by atoms with Gasteiger partial charge in [-0.05, 0) is 108 Å². The van der Waals surface area contributed by atoms with E-state index < -0.39 is 160 Å². The second-order valence-electron chi connectivity index (χ2n) is 28.6. The first-order valence-corrected chi connectivity index (χ1v) is 34.2. The zero-order valence-corrected chi connectivity index (χ0v) is 60.1. The number of ether oxygens (including phenoxy) is 2. The highest BCUT2D eigenvalue weighted by Crippen LogP contribution is 2.29. The van der Waals surface area contributed by atoms with Crippen molar-refractivity contribution in [3.8, 4) is 0 Å². The predicted molar refractivity (Wildman–Crippen MR) is 356 cm³/mol. The Balaban J connectivity index is 2.90. The highest BCUT2D eigenvalue weighted by Gasteiger charge is 2.44. The van der Waals surface area contributed by atoms with E-state index in [1.807, 2.05) is 47.6 Å². The van der Waals surface area contributed by atoms with Gasteiger partial charge in [0.2, 0.25) is 41.4 Å². The van der Waals surface area contributed by atoms with Gasteiger partial charge in [-0.25, -0.2) is 0 Å². The summed E-state index contributed by atoms with van der Waals surface area (Å²) in [5.41, 5.74) is 0. The molecular formula is C70H122N8O14. The molecule has 22 nitrogen and oxygen atoms in total. The number of hydrogen-bond donors (Lipinski definition) is 4. The Morgan fingerprint density at radius 3 is 1.62 bits per heavy atom. The van der Waals surface area contributed by atoms with Gasteiger partial charge in [-0.1, -0.05) is 109 Å². The van der Waals surface area contributed by atoms with E-state index in [4.69, 9.17) is 9.47 Å². The SMILES string of the molecule is C/C=C/C[C@@H](C)[C@@H](O)[C@@H]1NC(=O)[C@H](C(C)C)N(C)C(=O)[C@H](CC(C)C)CC(=O)[C@H](CC(C)C)N(C)C(=O)[C@@H](C)NC(=O)[C@H](C)CC(=O)[C@H](CC(C)C)N(C)C(=O)[C@H](C(C)C)CC(=O)[C@H]([C@@H](C)OCCCCN2CCOCC2)N(C)C(=O)[C@@H](C)CC(=O)[C@H](CC)NC1=O. The lowest BCUT2D eigenvalue weighted by Gasteiger charge is -2.36. The van der Waals surface area contributed by atoms with Gasteiger partial charge >= 0.3 is 0 Å². The van der Waals surface area contributed by atoms with Crippen LogP contribution in [-0.2, 0) is 62.2 Å². The molecule has 4 N–H and O–H groups in total. The van der Waals surface area contributed by atoms with E-state index in [1.165, 1.54) is 54.7 Å². The molecule has 22 heteroatoms. The molecule has 0 aromatic carbocycles. The molecule has 0 aromatic rings. The number of hydrogen-bond acceptors (Lipinski definition) is 15. The lowest BCUT2D eigenvalue weighted by Crippen LogP contribution is -2.61. The number of ketones is 4. The second-order valence-corrected chi connectivity index (χ2v) is 28.6. The average molecular weight is 1300 g/mol. The number of allylic oxidation sites excluding steroid dienone is 2. The smallest absolute Gasteiger partial charge is 0.245 e. The molecule has 14 atom stereocenters. The molecule has 0 unspecified atom stereocenters. The summed E-state index contributed by atoms with van der Waals surface area (Å²) in [6, 6.07) is -8.49. The fraction of sp³-hybridized carbons (Fsp3) is 0.814. The monoisotopic (exact) mass is 1300 g/mol. The van der Waals surface area contributed by atoms with E-state index in [0.29, 0.717) is 26.1 Å². The first-order chi connectivity index (χ1) is 42.9. The molecule has 2 heterocycles. The van der Waals surface area contributed by atoms with Crippen molar-refractivity contribution in [3.05, 3.63) is 12.2 Å². The maximum atomic E-state index is 15.1. The van der Waals surface area contributed by atoms with Crippen LogP contribution in [0, 0.1) is 59.2 Å². The minimum atomic E-state index is -1.64. The van der Waals surface area contributed by atoms with Gasteiger partial charge in [0.05, 0.1) is 43.5 Å². The normalized spacial score (nSPS) is 28.1. The Bertz CT molecular complexity index is 2460. The summed E-state index contributed by atoms with van der Waals surface area (Å²) in [5.74, 6) is -12.1. The second kappa shape index (κ2) is 40.1. The molecule has 0 spiro atoms. The van der Waals surface area contributed by atoms with E-state index in [-0.39, 0.29) is 75.7 Å². The van der Waals surface area contributed by atoms with Crippen LogP contribution in [0.2, 0.25) is 0 Å². The Kier molecular flexibility index (Phi) is 36.0. The van der Waals surface area contributed by atoms with Crippen molar-refractivity contribution in [1.29, 1.82) is 0 Å². The number of carbonyl (C=O) groups is 11. The van der Waals surface area contributed by atoms with Crippen molar-refractivity contribution in [2.45, 2.75) is 243 Å². The largest absolute Gasteiger partial charge is 0.390 e. The third kappa shape index (κ3) is 25.4. The number of carbonyl (C=O) groups excluding carboxylic acids is 11. The first kappa shape index (κ1) is 82.6. The molecule has 92 heavy (non-hydrogen) atoms. The molecule has 526 valence electrons. The molecule has 0 radical (unpaired) electrons. The number of Topliss-reactive ketones (excluding diaryl/α,β-unsaturated/α-hetero) is 4. The molecule has 2 rings (SSSR count). The quantitative estimate of drug-likeness (QED) is 0.0752. The first-order valence-electron chi connectivity index (χ1n) is 34.2. The van der Waals surface area contributed by atoms with E-state index in [0.717, 1.165) is 26.1 Å². The summed E-state index contributed by atoms with van der Waals surface area (Å²) < 4.78 is 11.9. The molecule has 7 amide bonds. The molecule has 2 fully saturated rings. The summed E-state index contributed by atoms with van der Waals surface area (Å²) in [4.78, 5) is 169. The van der Waals surface area contributed by atoms with Crippen LogP contribution in [0.3, 0.4) is 0 Å². The van der Waals surface area contributed by atoms with Gasteiger partial charge in [-0.15, -0.1) is 0 Å². The lowest BCUT2D eigenvalue weighted by atomic mass is 9.85. The molecule has 2 aliphatic rings. The number of rotatable bonds is 20. The van der Waals surface area contributed by atoms with Crippen LogP contribution in [-0.4, -0.2) is 216 Å². The highest BCUT2D eigenvalue weighted by atomic mass is 16.5. The fourth-order valence-electron chi connectivity index (χ4n) is 12.7. The number of morpholine rings is 1. The van der Waals surface area contributed by atoms with Crippen LogP contribution in [0.1, 0.15) is 188 Å². The van der Waals surface area contributed by atoms with Gasteiger partial charge in [0.15, 0.2) is 23.1 Å². The van der Waals surface area contributed by atoms with Crippen LogP contribution < -0.4 is 16.0 Å². The van der Waals surface area contributed by atoms with Crippen molar-refractivity contribution in [1.82, 2.24) is 40.4 Å². The Labute approximate surface area is 551 Å². The number of nitrogens with zero attached hydrogens (tertiary/aromatic N) is 5. The number of likely N-dealkylation sites (N-methyl/N-ethyl adjacent to an activating group) is 4. The minimum absolute atomic E-state index is 0.0588. The maximum Gasteiger partial charge on any atom is 0.245 e. The topological polar surface area (TPSA) is 279 Å². The molecule has 2 saturated heterocycles. The Morgan fingerprint density at radius 1 is 0.565 bits per heavy atom. The van der Waals surface area contributed by atoms with E-state index in [2.05, 4.69) is 20.9 Å². The number of aliphatic hydroxyl groups is 1. The molecular weight excluding hydrogens is 1180 g/mol. The molecule has 0 aliphatic carbocycles. The van der Waals surface area contributed by atoms with Crippen molar-refractivity contribution in [2.75, 3.05) is 67.6 Å². The summed E-state index contributed by atoms with van der Waals surface area (Å²) >= 11 is 0. The minimum Gasteiger partial charge on any atom is -0.390 e. The van der Waals surface area contributed by atoms with Crippen LogP contribution in [0.25, 0.3) is 0 Å². The molecule has 2 aliphatic heterocycles. The standard InChI is InChI=1S/C70H122N8O14/c1-22-24-27-46(13)63(83)60-65(85)72-53(23-2)56(79)38-48(15)67(87)77(21)62(50(17)92-31-26-25-28-78-29-32-91-33-30-78)59(82)40-52(44(9)10)70(90)75(19)54(35-42(5)6)57(80)37-47(14)64(84)71-49(16)68(88)74(18)55(36-43(7)8)58(81)39-51(34-41(3)4)69(89)76(20)61(45(11)12)66(86)73-60/h22,24,41-55,60-63,83H,23,25-40H2,1-21H3,(H,71,84)(H,72,85)(H,73,86)/b24-22+/t46-,47-,48+,49-,50-,51-,52+,53+,54+,55+,60+,61+,62+,63-/m1/s1. The number of unbranched alkanes of at least 4 members (excludes halogenated alkanes) is 1. The predicted octanol–water partition coefficient (Wildman–Crippen LogP) is 6.46. The number of aliphatic hydroxyl groups excluding tert-OH is 1. The van der Waals surface area contributed by atoms with E-state index in [9.17, 15) is 53.1 Å². The highest BCUT2D eigenvalue weighted by molar-refractivity contribution is 6.00. The molecule has 0 aromatic heterocycles. The van der Waals surface area contributed by atoms with Gasteiger partial charge < -0.3 is 50.1 Å².